The van der Waals surface area contributed by atoms with Crippen LogP contribution in [-0.4, -0.2) is 29.4 Å². The third-order valence-corrected chi connectivity index (χ3v) is 5.36. The summed E-state index contributed by atoms with van der Waals surface area (Å²) < 4.78 is 16.1. The van der Waals surface area contributed by atoms with E-state index in [-0.39, 0.29) is 12.5 Å². The van der Waals surface area contributed by atoms with Gasteiger partial charge in [0.15, 0.2) is 6.10 Å². The first-order chi connectivity index (χ1) is 14.7. The summed E-state index contributed by atoms with van der Waals surface area (Å²) >= 11 is 0. The molecule has 0 spiro atoms. The lowest BCUT2D eigenvalue weighted by atomic mass is 10.1. The van der Waals surface area contributed by atoms with Gasteiger partial charge < -0.3 is 14.8 Å². The van der Waals surface area contributed by atoms with Gasteiger partial charge >= 0.3 is 0 Å². The van der Waals surface area contributed by atoms with Gasteiger partial charge in [0.1, 0.15) is 22.9 Å². The SMILES string of the molecule is CCC(Oc1ccc2c(c1)CCC2)C(=O)NCc1nonc1-c1ccc(OC)cc1. The van der Waals surface area contributed by atoms with Gasteiger partial charge in [-0.15, -0.1) is 0 Å². The molecule has 1 aromatic heterocycles. The molecule has 0 fully saturated rings. The van der Waals surface area contributed by atoms with E-state index in [0.29, 0.717) is 17.8 Å². The van der Waals surface area contributed by atoms with Crippen LogP contribution in [0.4, 0.5) is 0 Å². The molecule has 1 aliphatic rings. The lowest BCUT2D eigenvalue weighted by Gasteiger charge is -2.17. The second kappa shape index (κ2) is 8.98. The highest BCUT2D eigenvalue weighted by molar-refractivity contribution is 5.81. The molecular formula is C23H25N3O4. The van der Waals surface area contributed by atoms with Crippen LogP contribution in [0.1, 0.15) is 36.6 Å². The first-order valence-electron chi connectivity index (χ1n) is 10.2. The molecule has 7 nitrogen and oxygen atoms in total. The van der Waals surface area contributed by atoms with Crippen LogP contribution in [0.15, 0.2) is 47.1 Å². The number of rotatable bonds is 8. The molecular weight excluding hydrogens is 382 g/mol. The van der Waals surface area contributed by atoms with Crippen molar-refractivity contribution >= 4 is 5.91 Å². The van der Waals surface area contributed by atoms with E-state index in [9.17, 15) is 4.79 Å². The fourth-order valence-corrected chi connectivity index (χ4v) is 3.68. The molecule has 30 heavy (non-hydrogen) atoms. The van der Waals surface area contributed by atoms with E-state index < -0.39 is 6.10 Å². The van der Waals surface area contributed by atoms with Crippen LogP contribution in [0.3, 0.4) is 0 Å². The Morgan fingerprint density at radius 1 is 1.10 bits per heavy atom. The van der Waals surface area contributed by atoms with Crippen molar-refractivity contribution in [2.75, 3.05) is 7.11 Å². The van der Waals surface area contributed by atoms with Crippen LogP contribution in [0.25, 0.3) is 11.3 Å². The quantitative estimate of drug-likeness (QED) is 0.613. The summed E-state index contributed by atoms with van der Waals surface area (Å²) in [5.41, 5.74) is 4.68. The van der Waals surface area contributed by atoms with Crippen LogP contribution >= 0.6 is 0 Å². The Morgan fingerprint density at radius 2 is 1.87 bits per heavy atom. The Bertz CT molecular complexity index is 1010. The summed E-state index contributed by atoms with van der Waals surface area (Å²) in [6.45, 7) is 2.13. The standard InChI is InChI=1S/C23H25N3O4/c1-3-21(29-19-12-7-15-5-4-6-17(15)13-19)23(27)24-14-20-22(26-30-25-20)16-8-10-18(28-2)11-9-16/h7-13,21H,3-6,14H2,1-2H3,(H,24,27). The zero-order chi connectivity index (χ0) is 20.9. The Hall–Kier alpha value is -3.35. The molecule has 0 bridgehead atoms. The normalized spacial score (nSPS) is 13.5. The number of carbonyl (C=O) groups is 1. The van der Waals surface area contributed by atoms with Crippen molar-refractivity contribution in [1.29, 1.82) is 0 Å². The number of fused-ring (bicyclic) bond motifs is 1. The van der Waals surface area contributed by atoms with Gasteiger partial charge in [-0.2, -0.15) is 0 Å². The maximum Gasteiger partial charge on any atom is 0.261 e. The molecule has 7 heteroatoms. The second-order valence-electron chi connectivity index (χ2n) is 7.30. The van der Waals surface area contributed by atoms with Crippen LogP contribution in [0.5, 0.6) is 11.5 Å². The average molecular weight is 407 g/mol. The molecule has 0 saturated carbocycles. The van der Waals surface area contributed by atoms with Gasteiger partial charge in [-0.05, 0) is 78.4 Å². The van der Waals surface area contributed by atoms with Gasteiger partial charge in [0.05, 0.1) is 13.7 Å². The average Bonchev–Trinajstić information content (AvgIpc) is 3.44. The van der Waals surface area contributed by atoms with Crippen LogP contribution < -0.4 is 14.8 Å². The van der Waals surface area contributed by atoms with E-state index in [2.05, 4.69) is 27.8 Å². The lowest BCUT2D eigenvalue weighted by molar-refractivity contribution is -0.128. The van der Waals surface area contributed by atoms with E-state index >= 15 is 0 Å². The number of amides is 1. The Kier molecular flexibility index (Phi) is 5.97. The molecule has 1 N–H and O–H groups in total. The number of methoxy groups -OCH3 is 1. The molecule has 0 radical (unpaired) electrons. The van der Waals surface area contributed by atoms with Gasteiger partial charge in [0.2, 0.25) is 0 Å². The number of aromatic nitrogens is 2. The van der Waals surface area contributed by atoms with E-state index in [0.717, 1.165) is 29.9 Å². The van der Waals surface area contributed by atoms with Crippen LogP contribution in [0, 0.1) is 0 Å². The Morgan fingerprint density at radius 3 is 2.63 bits per heavy atom. The molecule has 1 heterocycles. The Balaban J connectivity index is 1.39. The van der Waals surface area contributed by atoms with Crippen molar-refractivity contribution < 1.29 is 18.9 Å². The predicted octanol–water partition coefficient (Wildman–Crippen LogP) is 3.71. The van der Waals surface area contributed by atoms with Crippen molar-refractivity contribution in [3.8, 4) is 22.8 Å². The fourth-order valence-electron chi connectivity index (χ4n) is 3.68. The highest BCUT2D eigenvalue weighted by atomic mass is 16.6. The minimum Gasteiger partial charge on any atom is -0.497 e. The number of nitrogens with zero attached hydrogens (tertiary/aromatic N) is 2. The highest BCUT2D eigenvalue weighted by Crippen LogP contribution is 2.27. The summed E-state index contributed by atoms with van der Waals surface area (Å²) in [5, 5.41) is 10.8. The molecule has 4 rings (SSSR count). The highest BCUT2D eigenvalue weighted by Gasteiger charge is 2.21. The van der Waals surface area contributed by atoms with E-state index in [1.54, 1.807) is 7.11 Å². The predicted molar refractivity (Wildman–Crippen MR) is 111 cm³/mol. The maximum atomic E-state index is 12.7. The number of carbonyl (C=O) groups excluding carboxylic acids is 1. The van der Waals surface area contributed by atoms with E-state index in [4.69, 9.17) is 14.1 Å². The minimum atomic E-state index is -0.575. The maximum absolute atomic E-state index is 12.7. The number of aryl methyl sites for hydroxylation is 2. The van der Waals surface area contributed by atoms with E-state index in [1.165, 1.54) is 17.5 Å². The van der Waals surface area contributed by atoms with Gasteiger partial charge in [0, 0.05) is 5.56 Å². The monoisotopic (exact) mass is 407 g/mol. The number of ether oxygens (including phenoxy) is 2. The number of benzene rings is 2. The van der Waals surface area contributed by atoms with Crippen molar-refractivity contribution in [3.63, 3.8) is 0 Å². The fraction of sp³-hybridized carbons (Fsp3) is 0.348. The van der Waals surface area contributed by atoms with Crippen LogP contribution in [0.2, 0.25) is 0 Å². The molecule has 1 amide bonds. The number of nitrogens with one attached hydrogen (secondary N) is 1. The number of hydrogen-bond acceptors (Lipinski definition) is 6. The van der Waals surface area contributed by atoms with Gasteiger partial charge in [-0.1, -0.05) is 18.1 Å². The van der Waals surface area contributed by atoms with Crippen LogP contribution in [-0.2, 0) is 24.2 Å². The van der Waals surface area contributed by atoms with Crippen molar-refractivity contribution in [1.82, 2.24) is 15.6 Å². The lowest BCUT2D eigenvalue weighted by Crippen LogP contribution is -2.37. The molecule has 0 saturated heterocycles. The molecule has 2 aromatic carbocycles. The van der Waals surface area contributed by atoms with E-state index in [1.807, 2.05) is 37.3 Å². The molecule has 3 aromatic rings. The summed E-state index contributed by atoms with van der Waals surface area (Å²) in [6.07, 6.45) is 3.36. The summed E-state index contributed by atoms with van der Waals surface area (Å²) in [6, 6.07) is 13.5. The van der Waals surface area contributed by atoms with Gasteiger partial charge in [0.25, 0.3) is 5.91 Å². The summed E-state index contributed by atoms with van der Waals surface area (Å²) in [5.74, 6) is 1.29. The smallest absolute Gasteiger partial charge is 0.261 e. The molecule has 1 aliphatic carbocycles. The second-order valence-corrected chi connectivity index (χ2v) is 7.30. The molecule has 1 atom stereocenters. The largest absolute Gasteiger partial charge is 0.497 e. The number of hydrogen-bond donors (Lipinski definition) is 1. The van der Waals surface area contributed by atoms with Crippen molar-refractivity contribution in [2.24, 2.45) is 0 Å². The zero-order valence-electron chi connectivity index (χ0n) is 17.2. The molecule has 0 aliphatic heterocycles. The third kappa shape index (κ3) is 4.30. The minimum absolute atomic E-state index is 0.193. The summed E-state index contributed by atoms with van der Waals surface area (Å²) in [7, 11) is 1.61. The third-order valence-electron chi connectivity index (χ3n) is 5.36. The topological polar surface area (TPSA) is 86.5 Å². The Labute approximate surface area is 175 Å². The molecule has 156 valence electrons. The first kappa shape index (κ1) is 19.9. The van der Waals surface area contributed by atoms with Gasteiger partial charge in [-0.25, -0.2) is 4.63 Å². The zero-order valence-corrected chi connectivity index (χ0v) is 17.2. The summed E-state index contributed by atoms with van der Waals surface area (Å²) in [4.78, 5) is 12.7. The van der Waals surface area contributed by atoms with Gasteiger partial charge in [-0.3, -0.25) is 4.79 Å². The first-order valence-corrected chi connectivity index (χ1v) is 10.2. The van der Waals surface area contributed by atoms with Crippen molar-refractivity contribution in [2.45, 2.75) is 45.3 Å². The van der Waals surface area contributed by atoms with Crippen molar-refractivity contribution in [3.05, 3.63) is 59.3 Å². The molecule has 1 unspecified atom stereocenters.